The number of allylic oxidation sites excluding steroid dienone is 1. The first-order valence-corrected chi connectivity index (χ1v) is 6.23. The number of ketones is 1. The lowest BCUT2D eigenvalue weighted by Crippen LogP contribution is -2.20. The van der Waals surface area contributed by atoms with Gasteiger partial charge in [0.1, 0.15) is 0 Å². The average Bonchev–Trinajstić information content (AvgIpc) is 2.41. The van der Waals surface area contributed by atoms with E-state index in [-0.39, 0.29) is 18.1 Å². The zero-order valence-electron chi connectivity index (χ0n) is 11.3. The van der Waals surface area contributed by atoms with Gasteiger partial charge in [-0.05, 0) is 30.5 Å². The standard InChI is InChI=1S/C15H17NO4/c1-11(17)5-7-14(18)16-10-13-4-2-3-12(9-13)6-8-15(19)20/h2-5,7,9H,6,8,10H2,1H3,(H,16,18)(H,19,20)/b7-5+. The molecule has 0 saturated heterocycles. The fraction of sp³-hybridized carbons (Fsp3) is 0.267. The van der Waals surface area contributed by atoms with E-state index in [4.69, 9.17) is 5.11 Å². The zero-order valence-corrected chi connectivity index (χ0v) is 11.3. The summed E-state index contributed by atoms with van der Waals surface area (Å²) in [6.07, 6.45) is 2.94. The quantitative estimate of drug-likeness (QED) is 0.738. The van der Waals surface area contributed by atoms with E-state index >= 15 is 0 Å². The normalized spacial score (nSPS) is 10.4. The number of rotatable bonds is 7. The lowest BCUT2D eigenvalue weighted by atomic mass is 10.1. The van der Waals surface area contributed by atoms with Crippen LogP contribution >= 0.6 is 0 Å². The van der Waals surface area contributed by atoms with Gasteiger partial charge in [0.15, 0.2) is 5.78 Å². The van der Waals surface area contributed by atoms with Gasteiger partial charge in [-0.3, -0.25) is 14.4 Å². The summed E-state index contributed by atoms with van der Waals surface area (Å²) in [5.41, 5.74) is 1.80. The minimum Gasteiger partial charge on any atom is -0.481 e. The van der Waals surface area contributed by atoms with Crippen molar-refractivity contribution in [3.63, 3.8) is 0 Å². The van der Waals surface area contributed by atoms with Crippen LogP contribution < -0.4 is 5.32 Å². The number of hydrogen-bond acceptors (Lipinski definition) is 3. The van der Waals surface area contributed by atoms with Crippen molar-refractivity contribution < 1.29 is 19.5 Å². The number of amides is 1. The Morgan fingerprint density at radius 2 is 1.90 bits per heavy atom. The number of hydrogen-bond donors (Lipinski definition) is 2. The highest BCUT2D eigenvalue weighted by Gasteiger charge is 2.01. The average molecular weight is 275 g/mol. The topological polar surface area (TPSA) is 83.5 Å². The first-order valence-electron chi connectivity index (χ1n) is 6.23. The Bertz CT molecular complexity index is 534. The Morgan fingerprint density at radius 3 is 2.55 bits per heavy atom. The fourth-order valence-corrected chi connectivity index (χ4v) is 1.59. The maximum atomic E-state index is 11.4. The maximum absolute atomic E-state index is 11.4. The van der Waals surface area contributed by atoms with Crippen LogP contribution in [0.25, 0.3) is 0 Å². The minimum absolute atomic E-state index is 0.0805. The van der Waals surface area contributed by atoms with Crippen molar-refractivity contribution in [3.8, 4) is 0 Å². The SMILES string of the molecule is CC(=O)/C=C/C(=O)NCc1cccc(CCC(=O)O)c1. The van der Waals surface area contributed by atoms with E-state index in [9.17, 15) is 14.4 Å². The summed E-state index contributed by atoms with van der Waals surface area (Å²) in [6, 6.07) is 7.38. The molecule has 0 aliphatic carbocycles. The van der Waals surface area contributed by atoms with Crippen LogP contribution in [0, 0.1) is 0 Å². The third-order valence-electron chi connectivity index (χ3n) is 2.56. The molecule has 0 bridgehead atoms. The van der Waals surface area contributed by atoms with Crippen LogP contribution in [0.3, 0.4) is 0 Å². The molecule has 0 radical (unpaired) electrons. The van der Waals surface area contributed by atoms with Gasteiger partial charge in [-0.25, -0.2) is 0 Å². The second-order valence-electron chi connectivity index (χ2n) is 4.38. The third kappa shape index (κ3) is 6.49. The van der Waals surface area contributed by atoms with Crippen molar-refractivity contribution in [1.82, 2.24) is 5.32 Å². The number of aryl methyl sites for hydroxylation is 1. The van der Waals surface area contributed by atoms with Gasteiger partial charge in [-0.1, -0.05) is 24.3 Å². The zero-order chi connectivity index (χ0) is 15.0. The third-order valence-corrected chi connectivity index (χ3v) is 2.56. The van der Waals surface area contributed by atoms with E-state index in [2.05, 4.69) is 5.32 Å². The molecule has 0 fully saturated rings. The Morgan fingerprint density at radius 1 is 1.20 bits per heavy atom. The second-order valence-corrected chi connectivity index (χ2v) is 4.38. The number of carbonyl (C=O) groups is 3. The number of nitrogens with one attached hydrogen (secondary N) is 1. The number of benzene rings is 1. The lowest BCUT2D eigenvalue weighted by molar-refractivity contribution is -0.137. The summed E-state index contributed by atoms with van der Waals surface area (Å²) >= 11 is 0. The predicted molar refractivity (Wildman–Crippen MR) is 74.1 cm³/mol. The van der Waals surface area contributed by atoms with Gasteiger partial charge >= 0.3 is 5.97 Å². The van der Waals surface area contributed by atoms with Crippen LogP contribution in [0.1, 0.15) is 24.5 Å². The molecule has 0 unspecified atom stereocenters. The number of carboxylic acid groups (broad SMARTS) is 1. The summed E-state index contributed by atoms with van der Waals surface area (Å²) in [5, 5.41) is 11.3. The van der Waals surface area contributed by atoms with Crippen LogP contribution in [0.4, 0.5) is 0 Å². The summed E-state index contributed by atoms with van der Waals surface area (Å²) in [5.74, 6) is -1.36. The van der Waals surface area contributed by atoms with Crippen LogP contribution in [-0.4, -0.2) is 22.8 Å². The summed E-state index contributed by atoms with van der Waals surface area (Å²) in [7, 11) is 0. The molecule has 0 spiro atoms. The Hall–Kier alpha value is -2.43. The molecule has 1 aromatic rings. The molecular weight excluding hydrogens is 258 g/mol. The van der Waals surface area contributed by atoms with Gasteiger partial charge in [0.25, 0.3) is 0 Å². The number of carboxylic acids is 1. The highest BCUT2D eigenvalue weighted by atomic mass is 16.4. The van der Waals surface area contributed by atoms with Gasteiger partial charge in [0.2, 0.25) is 5.91 Å². The van der Waals surface area contributed by atoms with Crippen LogP contribution in [0.2, 0.25) is 0 Å². The van der Waals surface area contributed by atoms with Crippen molar-refractivity contribution in [2.75, 3.05) is 0 Å². The summed E-state index contributed by atoms with van der Waals surface area (Å²) < 4.78 is 0. The molecule has 1 aromatic carbocycles. The number of carbonyl (C=O) groups excluding carboxylic acids is 2. The molecule has 5 heteroatoms. The van der Waals surface area contributed by atoms with Gasteiger partial charge in [-0.15, -0.1) is 0 Å². The molecule has 2 N–H and O–H groups in total. The molecule has 0 aromatic heterocycles. The van der Waals surface area contributed by atoms with Crippen molar-refractivity contribution in [1.29, 1.82) is 0 Å². The molecule has 0 aliphatic heterocycles. The van der Waals surface area contributed by atoms with Gasteiger partial charge in [0.05, 0.1) is 0 Å². The summed E-state index contributed by atoms with van der Waals surface area (Å²) in [6.45, 7) is 1.71. The van der Waals surface area contributed by atoms with Crippen LogP contribution in [0.15, 0.2) is 36.4 Å². The predicted octanol–water partition coefficient (Wildman–Crippen LogP) is 1.47. The van der Waals surface area contributed by atoms with E-state index in [0.717, 1.165) is 11.1 Å². The Kier molecular flexibility index (Phi) is 6.16. The molecule has 0 saturated carbocycles. The van der Waals surface area contributed by atoms with E-state index in [1.54, 1.807) is 0 Å². The van der Waals surface area contributed by atoms with Crippen molar-refractivity contribution in [2.45, 2.75) is 26.3 Å². The highest BCUT2D eigenvalue weighted by Crippen LogP contribution is 2.07. The molecule has 5 nitrogen and oxygen atoms in total. The van der Waals surface area contributed by atoms with Gasteiger partial charge in [-0.2, -0.15) is 0 Å². The van der Waals surface area contributed by atoms with E-state index in [0.29, 0.717) is 13.0 Å². The highest BCUT2D eigenvalue weighted by molar-refractivity contribution is 5.96. The maximum Gasteiger partial charge on any atom is 0.303 e. The minimum atomic E-state index is -0.835. The van der Waals surface area contributed by atoms with E-state index < -0.39 is 5.97 Å². The Labute approximate surface area is 117 Å². The molecule has 0 aliphatic rings. The molecular formula is C15H17NO4. The summed E-state index contributed by atoms with van der Waals surface area (Å²) in [4.78, 5) is 32.6. The van der Waals surface area contributed by atoms with E-state index in [1.165, 1.54) is 19.1 Å². The van der Waals surface area contributed by atoms with Gasteiger partial charge in [0, 0.05) is 19.0 Å². The molecule has 20 heavy (non-hydrogen) atoms. The monoisotopic (exact) mass is 275 g/mol. The fourth-order valence-electron chi connectivity index (χ4n) is 1.59. The molecule has 1 rings (SSSR count). The smallest absolute Gasteiger partial charge is 0.303 e. The molecule has 0 heterocycles. The largest absolute Gasteiger partial charge is 0.481 e. The first kappa shape index (κ1) is 15.6. The Balaban J connectivity index is 2.51. The molecule has 0 atom stereocenters. The van der Waals surface area contributed by atoms with Crippen molar-refractivity contribution in [3.05, 3.63) is 47.5 Å². The molecule has 106 valence electrons. The van der Waals surface area contributed by atoms with Crippen LogP contribution in [0.5, 0.6) is 0 Å². The number of aliphatic carboxylic acids is 1. The van der Waals surface area contributed by atoms with Crippen LogP contribution in [-0.2, 0) is 27.3 Å². The van der Waals surface area contributed by atoms with Crippen molar-refractivity contribution >= 4 is 17.7 Å². The van der Waals surface area contributed by atoms with Crippen molar-refractivity contribution in [2.24, 2.45) is 0 Å². The molecule has 1 amide bonds. The van der Waals surface area contributed by atoms with E-state index in [1.807, 2.05) is 24.3 Å². The first-order chi connectivity index (χ1) is 9.47. The lowest BCUT2D eigenvalue weighted by Gasteiger charge is -2.05. The van der Waals surface area contributed by atoms with Gasteiger partial charge < -0.3 is 10.4 Å². The second kappa shape index (κ2) is 7.89.